The molecule has 0 aromatic rings. The second-order valence-electron chi connectivity index (χ2n) is 4.41. The summed E-state index contributed by atoms with van der Waals surface area (Å²) in [5.74, 6) is 0. The van der Waals surface area contributed by atoms with E-state index in [4.69, 9.17) is 4.74 Å². The van der Waals surface area contributed by atoms with Gasteiger partial charge < -0.3 is 10.1 Å². The average Bonchev–Trinajstić information content (AvgIpc) is 2.65. The standard InChI is InChI=1S/C12H25NO/c1-3-4-5-6-7-11(2)14-12-8-9-13-10-12/h11-13H,3-10H2,1-2H3/t11?,12-/m1/s1. The van der Waals surface area contributed by atoms with E-state index in [-0.39, 0.29) is 0 Å². The van der Waals surface area contributed by atoms with Crippen molar-refractivity contribution in [2.24, 2.45) is 0 Å². The first-order chi connectivity index (χ1) is 6.83. The summed E-state index contributed by atoms with van der Waals surface area (Å²) >= 11 is 0. The van der Waals surface area contributed by atoms with E-state index in [9.17, 15) is 0 Å². The first-order valence-corrected chi connectivity index (χ1v) is 6.19. The Bertz CT molecular complexity index is 132. The van der Waals surface area contributed by atoms with E-state index in [0.29, 0.717) is 12.2 Å². The molecule has 0 saturated carbocycles. The summed E-state index contributed by atoms with van der Waals surface area (Å²) in [6, 6.07) is 0. The Kier molecular flexibility index (Phi) is 6.20. The highest BCUT2D eigenvalue weighted by Gasteiger charge is 2.17. The Morgan fingerprint density at radius 2 is 2.21 bits per heavy atom. The van der Waals surface area contributed by atoms with Crippen LogP contribution in [0.2, 0.25) is 0 Å². The van der Waals surface area contributed by atoms with Crippen molar-refractivity contribution in [1.29, 1.82) is 0 Å². The van der Waals surface area contributed by atoms with Crippen molar-refractivity contribution in [2.75, 3.05) is 13.1 Å². The van der Waals surface area contributed by atoms with Crippen LogP contribution in [0.4, 0.5) is 0 Å². The number of rotatable bonds is 7. The van der Waals surface area contributed by atoms with Gasteiger partial charge in [-0.25, -0.2) is 0 Å². The van der Waals surface area contributed by atoms with Gasteiger partial charge in [0.15, 0.2) is 0 Å². The van der Waals surface area contributed by atoms with Crippen LogP contribution in [0.3, 0.4) is 0 Å². The van der Waals surface area contributed by atoms with E-state index < -0.39 is 0 Å². The maximum atomic E-state index is 5.93. The molecule has 0 aromatic heterocycles. The molecule has 1 N–H and O–H groups in total. The normalized spacial score (nSPS) is 24.0. The third-order valence-electron chi connectivity index (χ3n) is 2.90. The molecule has 0 bridgehead atoms. The van der Waals surface area contributed by atoms with E-state index in [1.807, 2.05) is 0 Å². The van der Waals surface area contributed by atoms with Crippen molar-refractivity contribution in [3.8, 4) is 0 Å². The lowest BCUT2D eigenvalue weighted by molar-refractivity contribution is 0.00403. The molecule has 2 nitrogen and oxygen atoms in total. The smallest absolute Gasteiger partial charge is 0.0715 e. The third-order valence-corrected chi connectivity index (χ3v) is 2.90. The fraction of sp³-hybridized carbons (Fsp3) is 1.00. The van der Waals surface area contributed by atoms with Gasteiger partial charge in [0, 0.05) is 6.54 Å². The van der Waals surface area contributed by atoms with Gasteiger partial charge in [0.1, 0.15) is 0 Å². The molecule has 1 unspecified atom stereocenters. The van der Waals surface area contributed by atoms with Crippen LogP contribution in [0.1, 0.15) is 52.4 Å². The molecule has 2 atom stereocenters. The minimum absolute atomic E-state index is 0.455. The molecule has 0 spiro atoms. The van der Waals surface area contributed by atoms with Crippen LogP contribution in [0, 0.1) is 0 Å². The number of hydrogen-bond acceptors (Lipinski definition) is 2. The van der Waals surface area contributed by atoms with E-state index in [1.165, 1.54) is 38.5 Å². The zero-order valence-corrected chi connectivity index (χ0v) is 9.72. The number of ether oxygens (including phenoxy) is 1. The van der Waals surface area contributed by atoms with Gasteiger partial charge in [0.05, 0.1) is 12.2 Å². The average molecular weight is 199 g/mol. The molecule has 14 heavy (non-hydrogen) atoms. The lowest BCUT2D eigenvalue weighted by atomic mass is 10.1. The Morgan fingerprint density at radius 3 is 2.86 bits per heavy atom. The van der Waals surface area contributed by atoms with Gasteiger partial charge in [-0.15, -0.1) is 0 Å². The molecule has 1 rings (SSSR count). The van der Waals surface area contributed by atoms with Crippen LogP contribution in [0.25, 0.3) is 0 Å². The molecule has 0 radical (unpaired) electrons. The van der Waals surface area contributed by atoms with Crippen molar-refractivity contribution in [3.63, 3.8) is 0 Å². The van der Waals surface area contributed by atoms with Gasteiger partial charge >= 0.3 is 0 Å². The molecule has 0 amide bonds. The lowest BCUT2D eigenvalue weighted by Crippen LogP contribution is -2.22. The van der Waals surface area contributed by atoms with Gasteiger partial charge in [0.25, 0.3) is 0 Å². The second kappa shape index (κ2) is 7.24. The summed E-state index contributed by atoms with van der Waals surface area (Å²) in [4.78, 5) is 0. The third kappa shape index (κ3) is 4.97. The van der Waals surface area contributed by atoms with Crippen molar-refractivity contribution in [1.82, 2.24) is 5.32 Å². The summed E-state index contributed by atoms with van der Waals surface area (Å²) in [6.07, 6.45) is 8.75. The summed E-state index contributed by atoms with van der Waals surface area (Å²) < 4.78 is 5.93. The van der Waals surface area contributed by atoms with Crippen molar-refractivity contribution in [3.05, 3.63) is 0 Å². The quantitative estimate of drug-likeness (QED) is 0.637. The minimum Gasteiger partial charge on any atom is -0.374 e. The summed E-state index contributed by atoms with van der Waals surface area (Å²) in [7, 11) is 0. The molecule has 1 aliphatic rings. The van der Waals surface area contributed by atoms with Crippen LogP contribution in [-0.2, 0) is 4.74 Å². The predicted octanol–water partition coefficient (Wildman–Crippen LogP) is 2.72. The maximum absolute atomic E-state index is 5.93. The Morgan fingerprint density at radius 1 is 1.36 bits per heavy atom. The zero-order chi connectivity index (χ0) is 10.2. The fourth-order valence-corrected chi connectivity index (χ4v) is 2.00. The Hall–Kier alpha value is -0.0800. The van der Waals surface area contributed by atoms with E-state index in [0.717, 1.165) is 13.1 Å². The molecule has 84 valence electrons. The highest BCUT2D eigenvalue weighted by atomic mass is 16.5. The van der Waals surface area contributed by atoms with Crippen molar-refractivity contribution >= 4 is 0 Å². The van der Waals surface area contributed by atoms with Crippen molar-refractivity contribution < 1.29 is 4.74 Å². The summed E-state index contributed by atoms with van der Waals surface area (Å²) in [5, 5.41) is 3.33. The molecule has 2 heteroatoms. The number of hydrogen-bond donors (Lipinski definition) is 1. The molecular formula is C12H25NO. The van der Waals surface area contributed by atoms with Gasteiger partial charge in [0.2, 0.25) is 0 Å². The lowest BCUT2D eigenvalue weighted by Gasteiger charge is -2.17. The van der Waals surface area contributed by atoms with Gasteiger partial charge in [-0.1, -0.05) is 32.6 Å². The van der Waals surface area contributed by atoms with Crippen LogP contribution in [0.15, 0.2) is 0 Å². The molecule has 1 fully saturated rings. The van der Waals surface area contributed by atoms with Crippen LogP contribution in [-0.4, -0.2) is 25.3 Å². The Balaban J connectivity index is 1.95. The molecular weight excluding hydrogens is 174 g/mol. The van der Waals surface area contributed by atoms with E-state index in [1.54, 1.807) is 0 Å². The highest BCUT2D eigenvalue weighted by molar-refractivity contribution is 4.72. The number of unbranched alkanes of at least 4 members (excludes halogenated alkanes) is 3. The van der Waals surface area contributed by atoms with Gasteiger partial charge in [-0.05, 0) is 26.3 Å². The second-order valence-corrected chi connectivity index (χ2v) is 4.41. The molecule has 1 saturated heterocycles. The monoisotopic (exact) mass is 199 g/mol. The van der Waals surface area contributed by atoms with E-state index >= 15 is 0 Å². The molecule has 0 aliphatic carbocycles. The predicted molar refractivity (Wildman–Crippen MR) is 60.6 cm³/mol. The SMILES string of the molecule is CCCCCCC(C)O[C@@H]1CCNC1. The number of nitrogens with one attached hydrogen (secondary N) is 1. The highest BCUT2D eigenvalue weighted by Crippen LogP contribution is 2.12. The molecule has 0 aromatic carbocycles. The minimum atomic E-state index is 0.455. The fourth-order valence-electron chi connectivity index (χ4n) is 2.00. The first-order valence-electron chi connectivity index (χ1n) is 6.19. The maximum Gasteiger partial charge on any atom is 0.0715 e. The summed E-state index contributed by atoms with van der Waals surface area (Å²) in [5.41, 5.74) is 0. The van der Waals surface area contributed by atoms with Crippen LogP contribution in [0.5, 0.6) is 0 Å². The topological polar surface area (TPSA) is 21.3 Å². The Labute approximate surface area is 88.4 Å². The summed E-state index contributed by atoms with van der Waals surface area (Å²) in [6.45, 7) is 6.65. The molecule has 1 aliphatic heterocycles. The van der Waals surface area contributed by atoms with Crippen LogP contribution >= 0.6 is 0 Å². The van der Waals surface area contributed by atoms with Crippen LogP contribution < -0.4 is 5.32 Å². The molecule has 1 heterocycles. The van der Waals surface area contributed by atoms with E-state index in [2.05, 4.69) is 19.2 Å². The van der Waals surface area contributed by atoms with Gasteiger partial charge in [-0.3, -0.25) is 0 Å². The van der Waals surface area contributed by atoms with Crippen molar-refractivity contribution in [2.45, 2.75) is 64.6 Å². The first kappa shape index (κ1) is 12.0. The van der Waals surface area contributed by atoms with Gasteiger partial charge in [-0.2, -0.15) is 0 Å². The zero-order valence-electron chi connectivity index (χ0n) is 9.72. The largest absolute Gasteiger partial charge is 0.374 e.